The van der Waals surface area contributed by atoms with E-state index in [1.54, 1.807) is 32.9 Å². The molecule has 1 heterocycles. The Bertz CT molecular complexity index is 830. The second-order valence-corrected chi connectivity index (χ2v) is 7.58. The first-order chi connectivity index (χ1) is 14.2. The van der Waals surface area contributed by atoms with Gasteiger partial charge in [-0.2, -0.15) is 0 Å². The first-order valence-corrected chi connectivity index (χ1v) is 9.44. The summed E-state index contributed by atoms with van der Waals surface area (Å²) in [7, 11) is 1.22. The molecular formula is C21H27N3O6. The van der Waals surface area contributed by atoms with E-state index in [1.165, 1.54) is 19.6 Å². The topological polar surface area (TPSA) is 120 Å². The highest BCUT2D eigenvalue weighted by Crippen LogP contribution is 2.12. The second-order valence-electron chi connectivity index (χ2n) is 7.58. The molecule has 0 fully saturated rings. The molecule has 0 saturated heterocycles. The minimum atomic E-state index is -1.51. The van der Waals surface area contributed by atoms with Gasteiger partial charge in [0.1, 0.15) is 18.2 Å². The van der Waals surface area contributed by atoms with Gasteiger partial charge in [-0.1, -0.05) is 30.3 Å². The van der Waals surface area contributed by atoms with Gasteiger partial charge in [0.05, 0.1) is 13.4 Å². The van der Waals surface area contributed by atoms with Crippen molar-refractivity contribution in [1.82, 2.24) is 15.3 Å². The van der Waals surface area contributed by atoms with Gasteiger partial charge in [0, 0.05) is 18.3 Å². The predicted molar refractivity (Wildman–Crippen MR) is 107 cm³/mol. The Hall–Kier alpha value is -3.20. The van der Waals surface area contributed by atoms with Crippen molar-refractivity contribution in [2.75, 3.05) is 7.11 Å². The van der Waals surface area contributed by atoms with Gasteiger partial charge in [-0.15, -0.1) is 0 Å². The zero-order valence-corrected chi connectivity index (χ0v) is 17.5. The van der Waals surface area contributed by atoms with E-state index in [4.69, 9.17) is 14.2 Å². The monoisotopic (exact) mass is 417 g/mol. The number of ether oxygens (including phenoxy) is 3. The SMILES string of the molecule is COC(=O)[C@H](Cc1cnc[nH]1)NC(C(=O)OCc1ccccc1)C(=O)OC(C)(C)C. The van der Waals surface area contributed by atoms with Gasteiger partial charge in [-0.05, 0) is 26.3 Å². The Morgan fingerprint density at radius 3 is 2.37 bits per heavy atom. The van der Waals surface area contributed by atoms with Crippen LogP contribution in [0.3, 0.4) is 0 Å². The number of rotatable bonds is 9. The van der Waals surface area contributed by atoms with E-state index in [0.717, 1.165) is 5.56 Å². The number of aromatic nitrogens is 2. The Morgan fingerprint density at radius 1 is 1.10 bits per heavy atom. The Morgan fingerprint density at radius 2 is 1.80 bits per heavy atom. The average Bonchev–Trinajstić information content (AvgIpc) is 3.21. The van der Waals surface area contributed by atoms with Crippen molar-refractivity contribution in [3.63, 3.8) is 0 Å². The predicted octanol–water partition coefficient (Wildman–Crippen LogP) is 1.54. The van der Waals surface area contributed by atoms with Gasteiger partial charge in [0.2, 0.25) is 6.04 Å². The minimum absolute atomic E-state index is 0.0237. The average molecular weight is 417 g/mol. The van der Waals surface area contributed by atoms with Gasteiger partial charge in [0.25, 0.3) is 0 Å². The molecule has 0 saturated carbocycles. The normalized spacial score (nSPS) is 13.2. The van der Waals surface area contributed by atoms with Crippen molar-refractivity contribution in [3.05, 3.63) is 54.1 Å². The summed E-state index contributed by atoms with van der Waals surface area (Å²) < 4.78 is 15.5. The third-order valence-corrected chi connectivity index (χ3v) is 3.93. The highest BCUT2D eigenvalue weighted by Gasteiger charge is 2.36. The number of carbonyl (C=O) groups is 3. The van der Waals surface area contributed by atoms with Gasteiger partial charge in [0.15, 0.2) is 0 Å². The largest absolute Gasteiger partial charge is 0.468 e. The molecule has 0 amide bonds. The van der Waals surface area contributed by atoms with Crippen LogP contribution in [0.5, 0.6) is 0 Å². The van der Waals surface area contributed by atoms with Crippen molar-refractivity contribution in [2.45, 2.75) is 51.5 Å². The summed E-state index contributed by atoms with van der Waals surface area (Å²) >= 11 is 0. The highest BCUT2D eigenvalue weighted by molar-refractivity contribution is 6.00. The van der Waals surface area contributed by atoms with Gasteiger partial charge < -0.3 is 19.2 Å². The van der Waals surface area contributed by atoms with Crippen molar-refractivity contribution >= 4 is 17.9 Å². The summed E-state index contributed by atoms with van der Waals surface area (Å²) in [5.74, 6) is -2.35. The molecule has 2 N–H and O–H groups in total. The van der Waals surface area contributed by atoms with Crippen LogP contribution in [0, 0.1) is 0 Å². The lowest BCUT2D eigenvalue weighted by atomic mass is 10.1. The van der Waals surface area contributed by atoms with Crippen molar-refractivity contribution in [3.8, 4) is 0 Å². The molecule has 9 nitrogen and oxygen atoms in total. The molecule has 0 bridgehead atoms. The molecular weight excluding hydrogens is 390 g/mol. The Kier molecular flexibility index (Phi) is 8.11. The van der Waals surface area contributed by atoms with Gasteiger partial charge >= 0.3 is 17.9 Å². The zero-order valence-electron chi connectivity index (χ0n) is 17.5. The van der Waals surface area contributed by atoms with E-state index in [9.17, 15) is 14.4 Å². The van der Waals surface area contributed by atoms with Crippen LogP contribution >= 0.6 is 0 Å². The van der Waals surface area contributed by atoms with E-state index in [1.807, 2.05) is 18.2 Å². The summed E-state index contributed by atoms with van der Waals surface area (Å²) in [5.41, 5.74) is 0.551. The highest BCUT2D eigenvalue weighted by atomic mass is 16.6. The maximum Gasteiger partial charge on any atom is 0.335 e. The van der Waals surface area contributed by atoms with Crippen LogP contribution < -0.4 is 5.32 Å². The third-order valence-electron chi connectivity index (χ3n) is 3.93. The van der Waals surface area contributed by atoms with E-state index >= 15 is 0 Å². The van der Waals surface area contributed by atoms with Crippen molar-refractivity contribution < 1.29 is 28.6 Å². The second kappa shape index (κ2) is 10.5. The van der Waals surface area contributed by atoms with E-state index in [2.05, 4.69) is 15.3 Å². The van der Waals surface area contributed by atoms with Crippen LogP contribution in [-0.2, 0) is 41.6 Å². The van der Waals surface area contributed by atoms with Crippen LogP contribution in [0.15, 0.2) is 42.9 Å². The first-order valence-electron chi connectivity index (χ1n) is 9.44. The number of imidazole rings is 1. The van der Waals surface area contributed by atoms with Crippen LogP contribution in [0.4, 0.5) is 0 Å². The van der Waals surface area contributed by atoms with Gasteiger partial charge in [-0.25, -0.2) is 14.6 Å². The number of aromatic amines is 1. The lowest BCUT2D eigenvalue weighted by Crippen LogP contribution is -2.54. The maximum absolute atomic E-state index is 12.7. The molecule has 0 aliphatic heterocycles. The number of hydrogen-bond acceptors (Lipinski definition) is 8. The number of hydrogen-bond donors (Lipinski definition) is 2. The molecule has 2 aromatic rings. The fourth-order valence-electron chi connectivity index (χ4n) is 2.58. The Labute approximate surface area is 175 Å². The molecule has 0 radical (unpaired) electrons. The molecule has 30 heavy (non-hydrogen) atoms. The third kappa shape index (κ3) is 7.32. The molecule has 9 heteroatoms. The lowest BCUT2D eigenvalue weighted by molar-refractivity contribution is -0.166. The summed E-state index contributed by atoms with van der Waals surface area (Å²) in [6.07, 6.45) is 3.12. The van der Waals surface area contributed by atoms with Crippen LogP contribution in [0.25, 0.3) is 0 Å². The molecule has 0 spiro atoms. The van der Waals surface area contributed by atoms with E-state index in [0.29, 0.717) is 5.69 Å². The first kappa shape index (κ1) is 23.1. The van der Waals surface area contributed by atoms with E-state index in [-0.39, 0.29) is 13.0 Å². The molecule has 2 rings (SSSR count). The number of methoxy groups -OCH3 is 1. The van der Waals surface area contributed by atoms with Crippen molar-refractivity contribution in [1.29, 1.82) is 0 Å². The molecule has 1 aromatic carbocycles. The van der Waals surface area contributed by atoms with E-state index < -0.39 is 35.6 Å². The molecule has 0 aliphatic carbocycles. The van der Waals surface area contributed by atoms with Crippen molar-refractivity contribution in [2.24, 2.45) is 0 Å². The summed E-state index contributed by atoms with van der Waals surface area (Å²) in [5, 5.41) is 2.73. The number of esters is 3. The van der Waals surface area contributed by atoms with Crippen LogP contribution in [-0.4, -0.2) is 52.7 Å². The number of benzene rings is 1. The molecule has 0 aliphatic rings. The number of carbonyl (C=O) groups excluding carboxylic acids is 3. The van der Waals surface area contributed by atoms with Crippen LogP contribution in [0.2, 0.25) is 0 Å². The quantitative estimate of drug-likeness (QED) is 0.358. The molecule has 2 atom stereocenters. The summed E-state index contributed by atoms with van der Waals surface area (Å²) in [6.45, 7) is 5.02. The maximum atomic E-state index is 12.7. The fraction of sp³-hybridized carbons (Fsp3) is 0.429. The zero-order chi connectivity index (χ0) is 22.1. The standard InChI is InChI=1S/C21H27N3O6/c1-21(2,3)30-20(27)17(19(26)29-12-14-8-6-5-7-9-14)24-16(18(25)28-4)10-15-11-22-13-23-15/h5-9,11,13,16-17,24H,10,12H2,1-4H3,(H,22,23)/t16-,17?/m0/s1. The lowest BCUT2D eigenvalue weighted by Gasteiger charge is -2.26. The smallest absolute Gasteiger partial charge is 0.335 e. The van der Waals surface area contributed by atoms with Gasteiger partial charge in [-0.3, -0.25) is 10.1 Å². The number of H-pyrrole nitrogens is 1. The number of nitrogens with one attached hydrogen (secondary N) is 2. The minimum Gasteiger partial charge on any atom is -0.468 e. The van der Waals surface area contributed by atoms with Crippen LogP contribution in [0.1, 0.15) is 32.0 Å². The summed E-state index contributed by atoms with van der Waals surface area (Å²) in [6, 6.07) is 6.52. The molecule has 162 valence electrons. The Balaban J connectivity index is 2.18. The number of nitrogens with zero attached hydrogens (tertiary/aromatic N) is 1. The summed E-state index contributed by atoms with van der Waals surface area (Å²) in [4.78, 5) is 44.5. The fourth-order valence-corrected chi connectivity index (χ4v) is 2.58. The molecule has 1 aromatic heterocycles. The molecule has 1 unspecified atom stereocenters.